The van der Waals surface area contributed by atoms with E-state index in [2.05, 4.69) is 9.71 Å². The number of hydrogen-bond donors (Lipinski definition) is 1. The third-order valence-electron chi connectivity index (χ3n) is 4.23. The summed E-state index contributed by atoms with van der Waals surface area (Å²) in [5, 5.41) is 2.50. The van der Waals surface area contributed by atoms with Crippen molar-refractivity contribution in [3.8, 4) is 0 Å². The maximum atomic E-state index is 12.8. The summed E-state index contributed by atoms with van der Waals surface area (Å²) in [4.78, 5) is 18.5. The van der Waals surface area contributed by atoms with E-state index < -0.39 is 10.0 Å². The molecule has 0 aliphatic carbocycles. The summed E-state index contributed by atoms with van der Waals surface area (Å²) in [7, 11) is -3.72. The van der Waals surface area contributed by atoms with Crippen molar-refractivity contribution in [1.29, 1.82) is 0 Å². The number of amides is 1. The molecule has 1 aliphatic rings. The molecule has 0 bridgehead atoms. The first-order valence-electron chi connectivity index (χ1n) is 8.07. The van der Waals surface area contributed by atoms with Crippen LogP contribution in [0.15, 0.2) is 58.9 Å². The van der Waals surface area contributed by atoms with E-state index >= 15 is 0 Å². The summed E-state index contributed by atoms with van der Waals surface area (Å²) in [6.45, 7) is 0.490. The average Bonchev–Trinajstić information content (AvgIpc) is 3.29. The van der Waals surface area contributed by atoms with Crippen LogP contribution in [-0.4, -0.2) is 25.9 Å². The van der Waals surface area contributed by atoms with E-state index in [0.29, 0.717) is 34.4 Å². The van der Waals surface area contributed by atoms with E-state index in [4.69, 9.17) is 11.6 Å². The van der Waals surface area contributed by atoms with Gasteiger partial charge in [0.2, 0.25) is 0 Å². The third kappa shape index (κ3) is 3.55. The van der Waals surface area contributed by atoms with Crippen LogP contribution in [0.4, 0.5) is 10.8 Å². The summed E-state index contributed by atoms with van der Waals surface area (Å²) in [5.41, 5.74) is 2.03. The highest BCUT2D eigenvalue weighted by Crippen LogP contribution is 2.32. The molecule has 4 rings (SSSR count). The van der Waals surface area contributed by atoms with E-state index in [1.807, 2.05) is 0 Å². The molecular weight excluding hydrogens is 406 g/mol. The minimum atomic E-state index is -3.72. The molecule has 2 heterocycles. The van der Waals surface area contributed by atoms with Gasteiger partial charge in [0.05, 0.1) is 4.90 Å². The van der Waals surface area contributed by atoms with E-state index in [1.54, 1.807) is 46.7 Å². The number of nitrogens with zero attached hydrogens (tertiary/aromatic N) is 2. The number of fused-ring (bicyclic) bond motifs is 1. The smallest absolute Gasteiger partial charge is 0.263 e. The predicted molar refractivity (Wildman–Crippen MR) is 106 cm³/mol. The molecule has 138 valence electrons. The van der Waals surface area contributed by atoms with Gasteiger partial charge in [-0.05, 0) is 48.4 Å². The Labute approximate surface area is 165 Å². The Morgan fingerprint density at radius 3 is 2.81 bits per heavy atom. The van der Waals surface area contributed by atoms with Crippen molar-refractivity contribution < 1.29 is 13.2 Å². The highest BCUT2D eigenvalue weighted by atomic mass is 35.5. The molecule has 2 aromatic carbocycles. The van der Waals surface area contributed by atoms with Crippen LogP contribution in [0, 0.1) is 0 Å². The van der Waals surface area contributed by atoms with Crippen LogP contribution >= 0.6 is 22.9 Å². The quantitative estimate of drug-likeness (QED) is 0.697. The molecule has 0 atom stereocenters. The average molecular weight is 420 g/mol. The van der Waals surface area contributed by atoms with Gasteiger partial charge in [-0.3, -0.25) is 9.52 Å². The highest BCUT2D eigenvalue weighted by Gasteiger charge is 2.27. The van der Waals surface area contributed by atoms with Crippen molar-refractivity contribution in [2.24, 2.45) is 0 Å². The SMILES string of the molecule is O=C(c1cccc(Cl)c1)N1CCc2cc(S(=O)(=O)Nc3nccs3)ccc21. The number of rotatable bonds is 4. The minimum absolute atomic E-state index is 0.147. The molecule has 3 aromatic rings. The second-order valence-corrected chi connectivity index (χ2v) is 8.96. The number of anilines is 2. The number of benzene rings is 2. The van der Waals surface area contributed by atoms with Gasteiger partial charge < -0.3 is 4.90 Å². The Balaban J connectivity index is 1.62. The molecule has 27 heavy (non-hydrogen) atoms. The first kappa shape index (κ1) is 18.0. The molecule has 0 unspecified atom stereocenters. The van der Waals surface area contributed by atoms with Gasteiger partial charge in [-0.1, -0.05) is 17.7 Å². The lowest BCUT2D eigenvalue weighted by atomic mass is 10.1. The highest BCUT2D eigenvalue weighted by molar-refractivity contribution is 7.93. The Hall–Kier alpha value is -2.42. The second kappa shape index (κ2) is 6.95. The van der Waals surface area contributed by atoms with Gasteiger partial charge in [-0.25, -0.2) is 13.4 Å². The third-order valence-corrected chi connectivity index (χ3v) is 6.62. The Kier molecular flexibility index (Phi) is 4.63. The van der Waals surface area contributed by atoms with E-state index in [-0.39, 0.29) is 10.8 Å². The molecule has 0 radical (unpaired) electrons. The number of aromatic nitrogens is 1. The maximum Gasteiger partial charge on any atom is 0.263 e. The van der Waals surface area contributed by atoms with Crippen LogP contribution in [0.25, 0.3) is 0 Å². The van der Waals surface area contributed by atoms with Crippen molar-refractivity contribution in [3.05, 3.63) is 70.2 Å². The van der Waals surface area contributed by atoms with Gasteiger partial charge in [-0.15, -0.1) is 11.3 Å². The molecular formula is C18H14ClN3O3S2. The van der Waals surface area contributed by atoms with Crippen LogP contribution in [-0.2, 0) is 16.4 Å². The monoisotopic (exact) mass is 419 g/mol. The number of carbonyl (C=O) groups excluding carboxylic acids is 1. The maximum absolute atomic E-state index is 12.8. The summed E-state index contributed by atoms with van der Waals surface area (Å²) >= 11 is 7.18. The largest absolute Gasteiger partial charge is 0.308 e. The van der Waals surface area contributed by atoms with Gasteiger partial charge >= 0.3 is 0 Å². The number of hydrogen-bond acceptors (Lipinski definition) is 5. The van der Waals surface area contributed by atoms with E-state index in [1.165, 1.54) is 23.6 Å². The fourth-order valence-corrected chi connectivity index (χ4v) is 5.01. The molecule has 1 N–H and O–H groups in total. The van der Waals surface area contributed by atoms with Crippen molar-refractivity contribution in [2.45, 2.75) is 11.3 Å². The van der Waals surface area contributed by atoms with Crippen molar-refractivity contribution in [1.82, 2.24) is 4.98 Å². The number of nitrogens with one attached hydrogen (secondary N) is 1. The summed E-state index contributed by atoms with van der Waals surface area (Å²) in [6.07, 6.45) is 2.12. The van der Waals surface area contributed by atoms with Crippen LogP contribution in [0.3, 0.4) is 0 Å². The number of thiazole rings is 1. The number of halogens is 1. The molecule has 1 aliphatic heterocycles. The van der Waals surface area contributed by atoms with Gasteiger partial charge in [0.25, 0.3) is 15.9 Å². The van der Waals surface area contributed by atoms with Crippen LogP contribution in [0.1, 0.15) is 15.9 Å². The molecule has 1 amide bonds. The lowest BCUT2D eigenvalue weighted by molar-refractivity contribution is 0.0989. The van der Waals surface area contributed by atoms with Crippen molar-refractivity contribution >= 4 is 49.7 Å². The Morgan fingerprint density at radius 2 is 2.07 bits per heavy atom. The molecule has 0 fully saturated rings. The Bertz CT molecular complexity index is 1110. The zero-order valence-electron chi connectivity index (χ0n) is 13.9. The van der Waals surface area contributed by atoms with Crippen molar-refractivity contribution in [3.63, 3.8) is 0 Å². The zero-order valence-corrected chi connectivity index (χ0v) is 16.3. The number of carbonyl (C=O) groups is 1. The van der Waals surface area contributed by atoms with Gasteiger partial charge in [0.1, 0.15) is 0 Å². The van der Waals surface area contributed by atoms with E-state index in [0.717, 1.165) is 5.56 Å². The van der Waals surface area contributed by atoms with Crippen LogP contribution in [0.2, 0.25) is 5.02 Å². The van der Waals surface area contributed by atoms with Gasteiger partial charge in [-0.2, -0.15) is 0 Å². The summed E-state index contributed by atoms with van der Waals surface area (Å²) in [5.74, 6) is -0.159. The zero-order chi connectivity index (χ0) is 19.0. The van der Waals surface area contributed by atoms with Crippen molar-refractivity contribution in [2.75, 3.05) is 16.2 Å². The minimum Gasteiger partial charge on any atom is -0.308 e. The topological polar surface area (TPSA) is 79.4 Å². The standard InChI is InChI=1S/C18H14ClN3O3S2/c19-14-3-1-2-13(10-14)17(23)22-8-6-12-11-15(4-5-16(12)22)27(24,25)21-18-20-7-9-26-18/h1-5,7,9-11H,6,8H2,(H,20,21). The van der Waals surface area contributed by atoms with Gasteiger partial charge in [0.15, 0.2) is 5.13 Å². The fourth-order valence-electron chi connectivity index (χ4n) is 2.98. The summed E-state index contributed by atoms with van der Waals surface area (Å²) < 4.78 is 27.5. The lowest BCUT2D eigenvalue weighted by Crippen LogP contribution is -2.28. The molecule has 0 saturated carbocycles. The molecule has 1 aromatic heterocycles. The molecule has 0 saturated heterocycles. The van der Waals surface area contributed by atoms with E-state index in [9.17, 15) is 13.2 Å². The van der Waals surface area contributed by atoms with Crippen LogP contribution < -0.4 is 9.62 Å². The predicted octanol–water partition coefficient (Wildman–Crippen LogP) is 3.80. The molecule has 6 nitrogen and oxygen atoms in total. The normalized spacial score (nSPS) is 13.4. The second-order valence-electron chi connectivity index (χ2n) is 5.95. The summed E-state index contributed by atoms with van der Waals surface area (Å²) in [6, 6.07) is 11.5. The van der Waals surface area contributed by atoms with Gasteiger partial charge in [0, 0.05) is 34.4 Å². The molecule has 0 spiro atoms. The lowest BCUT2D eigenvalue weighted by Gasteiger charge is -2.18. The number of sulfonamides is 1. The molecule has 9 heteroatoms. The Morgan fingerprint density at radius 1 is 1.22 bits per heavy atom. The first-order valence-corrected chi connectivity index (χ1v) is 10.8. The fraction of sp³-hybridized carbons (Fsp3) is 0.111. The van der Waals surface area contributed by atoms with Crippen LogP contribution in [0.5, 0.6) is 0 Å². The first-order chi connectivity index (χ1) is 12.9.